The number of aryl methyl sites for hydroxylation is 1. The summed E-state index contributed by atoms with van der Waals surface area (Å²) in [6.07, 6.45) is 7.86. The zero-order valence-corrected chi connectivity index (χ0v) is 13.6. The minimum atomic E-state index is 0.653. The van der Waals surface area contributed by atoms with E-state index in [1.165, 1.54) is 68.3 Å². The van der Waals surface area contributed by atoms with E-state index >= 15 is 0 Å². The van der Waals surface area contributed by atoms with Crippen LogP contribution in [-0.2, 0) is 13.6 Å². The monoisotopic (exact) mass is 297 g/mol. The lowest BCUT2D eigenvalue weighted by molar-refractivity contribution is 0.0703. The Bertz CT molecular complexity index is 642. The van der Waals surface area contributed by atoms with Crippen molar-refractivity contribution in [2.75, 3.05) is 26.2 Å². The molecule has 2 aliphatic rings. The second kappa shape index (κ2) is 5.71. The fourth-order valence-corrected chi connectivity index (χ4v) is 4.44. The van der Waals surface area contributed by atoms with Crippen molar-refractivity contribution in [3.05, 3.63) is 36.0 Å². The highest BCUT2D eigenvalue weighted by Gasteiger charge is 2.35. The highest BCUT2D eigenvalue weighted by atomic mass is 15.1. The standard InChI is InChI=1S/C19H27N3/c1-21-14-16(17-4-2-3-5-18(17)21)15-22-12-8-19(9-13-22)6-10-20-11-7-19/h2-5,14,20H,6-13,15H2,1H3. The summed E-state index contributed by atoms with van der Waals surface area (Å²) >= 11 is 0. The summed E-state index contributed by atoms with van der Waals surface area (Å²) in [4.78, 5) is 2.66. The lowest BCUT2D eigenvalue weighted by Gasteiger charge is -2.44. The van der Waals surface area contributed by atoms with Crippen LogP contribution in [0.4, 0.5) is 0 Å². The molecule has 3 heterocycles. The Kier molecular flexibility index (Phi) is 3.71. The quantitative estimate of drug-likeness (QED) is 0.919. The molecular weight excluding hydrogens is 270 g/mol. The van der Waals surface area contributed by atoms with Crippen LogP contribution in [0.15, 0.2) is 30.5 Å². The van der Waals surface area contributed by atoms with Gasteiger partial charge in [0.15, 0.2) is 0 Å². The van der Waals surface area contributed by atoms with Gasteiger partial charge in [-0.3, -0.25) is 4.90 Å². The Morgan fingerprint density at radius 2 is 1.77 bits per heavy atom. The molecule has 2 saturated heterocycles. The van der Waals surface area contributed by atoms with Crippen molar-refractivity contribution in [3.63, 3.8) is 0 Å². The van der Waals surface area contributed by atoms with Gasteiger partial charge in [0.25, 0.3) is 0 Å². The van der Waals surface area contributed by atoms with Crippen molar-refractivity contribution >= 4 is 10.9 Å². The molecule has 1 N–H and O–H groups in total. The third-order valence-corrected chi connectivity index (χ3v) is 5.95. The van der Waals surface area contributed by atoms with Crippen molar-refractivity contribution < 1.29 is 0 Å². The van der Waals surface area contributed by atoms with E-state index in [0.29, 0.717) is 5.41 Å². The number of hydrogen-bond donors (Lipinski definition) is 1. The second-order valence-electron chi connectivity index (χ2n) is 7.31. The number of benzene rings is 1. The molecule has 1 aromatic heterocycles. The molecule has 0 aliphatic carbocycles. The molecule has 1 spiro atoms. The molecule has 22 heavy (non-hydrogen) atoms. The van der Waals surface area contributed by atoms with Crippen molar-refractivity contribution in [1.29, 1.82) is 0 Å². The average molecular weight is 297 g/mol. The van der Waals surface area contributed by atoms with Gasteiger partial charge in [-0.2, -0.15) is 0 Å². The van der Waals surface area contributed by atoms with E-state index < -0.39 is 0 Å². The van der Waals surface area contributed by atoms with Crippen molar-refractivity contribution in [2.24, 2.45) is 12.5 Å². The van der Waals surface area contributed by atoms with E-state index in [-0.39, 0.29) is 0 Å². The SMILES string of the molecule is Cn1cc(CN2CCC3(CCNCC3)CC2)c2ccccc21. The first-order valence-corrected chi connectivity index (χ1v) is 8.72. The minimum absolute atomic E-state index is 0.653. The van der Waals surface area contributed by atoms with Gasteiger partial charge < -0.3 is 9.88 Å². The van der Waals surface area contributed by atoms with E-state index in [2.05, 4.69) is 52.3 Å². The van der Waals surface area contributed by atoms with Crippen LogP contribution in [0, 0.1) is 5.41 Å². The van der Waals surface area contributed by atoms with Crippen LogP contribution in [0.3, 0.4) is 0 Å². The van der Waals surface area contributed by atoms with Gasteiger partial charge in [-0.15, -0.1) is 0 Å². The smallest absolute Gasteiger partial charge is 0.0481 e. The molecule has 2 aliphatic heterocycles. The molecule has 1 aromatic carbocycles. The van der Waals surface area contributed by atoms with E-state index in [4.69, 9.17) is 0 Å². The average Bonchev–Trinajstić information content (AvgIpc) is 2.87. The first kappa shape index (κ1) is 14.3. The Morgan fingerprint density at radius 1 is 1.05 bits per heavy atom. The molecule has 0 saturated carbocycles. The molecule has 3 nitrogen and oxygen atoms in total. The van der Waals surface area contributed by atoms with Gasteiger partial charge in [-0.25, -0.2) is 0 Å². The number of rotatable bonds is 2. The zero-order valence-electron chi connectivity index (χ0n) is 13.6. The summed E-state index contributed by atoms with van der Waals surface area (Å²) in [5.41, 5.74) is 3.49. The van der Waals surface area contributed by atoms with Crippen LogP contribution in [0.2, 0.25) is 0 Å². The highest BCUT2D eigenvalue weighted by Crippen LogP contribution is 2.39. The van der Waals surface area contributed by atoms with Crippen LogP contribution in [0.25, 0.3) is 10.9 Å². The van der Waals surface area contributed by atoms with Gasteiger partial charge in [-0.05, 0) is 68.9 Å². The van der Waals surface area contributed by atoms with Crippen LogP contribution in [0.5, 0.6) is 0 Å². The second-order valence-corrected chi connectivity index (χ2v) is 7.31. The van der Waals surface area contributed by atoms with Crippen molar-refractivity contribution in [3.8, 4) is 0 Å². The van der Waals surface area contributed by atoms with Crippen molar-refractivity contribution in [2.45, 2.75) is 32.2 Å². The fourth-order valence-electron chi connectivity index (χ4n) is 4.44. The molecule has 0 atom stereocenters. The van der Waals surface area contributed by atoms with Crippen LogP contribution >= 0.6 is 0 Å². The Labute approximate surface area is 133 Å². The number of nitrogens with zero attached hydrogens (tertiary/aromatic N) is 2. The molecule has 0 bridgehead atoms. The fraction of sp³-hybridized carbons (Fsp3) is 0.579. The third kappa shape index (κ3) is 2.57. The van der Waals surface area contributed by atoms with Gasteiger partial charge in [0.05, 0.1) is 0 Å². The van der Waals surface area contributed by atoms with E-state index in [1.807, 2.05) is 0 Å². The molecule has 118 valence electrons. The summed E-state index contributed by atoms with van der Waals surface area (Å²) < 4.78 is 2.27. The maximum absolute atomic E-state index is 3.51. The largest absolute Gasteiger partial charge is 0.350 e. The molecule has 0 amide bonds. The number of fused-ring (bicyclic) bond motifs is 1. The number of likely N-dealkylation sites (tertiary alicyclic amines) is 1. The summed E-state index contributed by atoms with van der Waals surface area (Å²) in [6.45, 7) is 6.09. The molecule has 0 radical (unpaired) electrons. The third-order valence-electron chi connectivity index (χ3n) is 5.95. The van der Waals surface area contributed by atoms with Gasteiger partial charge in [0.1, 0.15) is 0 Å². The molecule has 4 rings (SSSR count). The Hall–Kier alpha value is -1.32. The van der Waals surface area contributed by atoms with Crippen LogP contribution in [-0.4, -0.2) is 35.6 Å². The molecule has 2 aromatic rings. The van der Waals surface area contributed by atoms with Gasteiger partial charge >= 0.3 is 0 Å². The zero-order chi connectivity index (χ0) is 15.0. The summed E-state index contributed by atoms with van der Waals surface area (Å²) in [6, 6.07) is 8.78. The number of piperidine rings is 2. The summed E-state index contributed by atoms with van der Waals surface area (Å²) in [5, 5.41) is 4.94. The number of nitrogens with one attached hydrogen (secondary N) is 1. The predicted octanol–water partition coefficient (Wildman–Crippen LogP) is 3.14. The summed E-state index contributed by atoms with van der Waals surface area (Å²) in [5.74, 6) is 0. The predicted molar refractivity (Wildman–Crippen MR) is 92.0 cm³/mol. The van der Waals surface area contributed by atoms with Gasteiger partial charge in [-0.1, -0.05) is 18.2 Å². The van der Waals surface area contributed by atoms with E-state index in [0.717, 1.165) is 6.54 Å². The number of hydrogen-bond acceptors (Lipinski definition) is 2. The molecule has 2 fully saturated rings. The summed E-state index contributed by atoms with van der Waals surface area (Å²) in [7, 11) is 2.16. The van der Waals surface area contributed by atoms with E-state index in [9.17, 15) is 0 Å². The lowest BCUT2D eigenvalue weighted by atomic mass is 9.71. The number of para-hydroxylation sites is 1. The van der Waals surface area contributed by atoms with Gasteiger partial charge in [0.2, 0.25) is 0 Å². The highest BCUT2D eigenvalue weighted by molar-refractivity contribution is 5.83. The van der Waals surface area contributed by atoms with Crippen molar-refractivity contribution in [1.82, 2.24) is 14.8 Å². The molecule has 3 heteroatoms. The van der Waals surface area contributed by atoms with Crippen LogP contribution in [0.1, 0.15) is 31.2 Å². The first-order valence-electron chi connectivity index (χ1n) is 8.72. The Balaban J connectivity index is 1.46. The Morgan fingerprint density at radius 3 is 2.55 bits per heavy atom. The van der Waals surface area contributed by atoms with Crippen LogP contribution < -0.4 is 5.32 Å². The lowest BCUT2D eigenvalue weighted by Crippen LogP contribution is -2.45. The normalized spacial score (nSPS) is 22.4. The van der Waals surface area contributed by atoms with E-state index in [1.54, 1.807) is 0 Å². The topological polar surface area (TPSA) is 20.2 Å². The minimum Gasteiger partial charge on any atom is -0.350 e. The first-order chi connectivity index (χ1) is 10.8. The maximum atomic E-state index is 3.51. The molecule has 0 unspecified atom stereocenters. The number of aromatic nitrogens is 1. The van der Waals surface area contributed by atoms with Gasteiger partial charge in [0, 0.05) is 30.7 Å². The molecular formula is C19H27N3. The maximum Gasteiger partial charge on any atom is 0.0481 e.